The standard InChI is InChI=1S/C11H15N3O4.Na.H/c1-8(15)18-11-12-9(7-10(16)13(11)2)14-3-5-17-6-4-14;;/h7H,3-6H2,1-2H3;;/q;+1;-1. The van der Waals surface area contributed by atoms with E-state index < -0.39 is 5.97 Å². The molecule has 1 aromatic heterocycles. The largest absolute Gasteiger partial charge is 1.00 e. The van der Waals surface area contributed by atoms with E-state index in [1.54, 1.807) is 0 Å². The number of hydrogen-bond acceptors (Lipinski definition) is 6. The normalized spacial score (nSPS) is 14.7. The number of carbonyl (C=O) groups is 1. The fraction of sp³-hybridized carbons (Fsp3) is 0.545. The fourth-order valence-electron chi connectivity index (χ4n) is 1.68. The van der Waals surface area contributed by atoms with E-state index in [1.807, 2.05) is 4.90 Å². The summed E-state index contributed by atoms with van der Waals surface area (Å²) < 4.78 is 11.3. The van der Waals surface area contributed by atoms with Gasteiger partial charge in [0.1, 0.15) is 5.82 Å². The van der Waals surface area contributed by atoms with Crippen LogP contribution in [0.2, 0.25) is 0 Å². The molecule has 1 aliphatic rings. The van der Waals surface area contributed by atoms with Crippen molar-refractivity contribution in [3.05, 3.63) is 16.4 Å². The molecular formula is C11H16N3NaO4. The van der Waals surface area contributed by atoms with Crippen molar-refractivity contribution in [3.8, 4) is 6.01 Å². The second kappa shape index (κ2) is 7.04. The van der Waals surface area contributed by atoms with Crippen LogP contribution >= 0.6 is 0 Å². The molecule has 0 amide bonds. The summed E-state index contributed by atoms with van der Waals surface area (Å²) in [4.78, 5) is 28.8. The Morgan fingerprint density at radius 3 is 2.68 bits per heavy atom. The Bertz CT molecular complexity index is 517. The molecule has 1 aromatic rings. The van der Waals surface area contributed by atoms with Crippen LogP contribution in [0.25, 0.3) is 0 Å². The molecule has 0 saturated carbocycles. The molecule has 7 nitrogen and oxygen atoms in total. The molecular weight excluding hydrogens is 261 g/mol. The molecule has 0 bridgehead atoms. The van der Waals surface area contributed by atoms with Crippen molar-refractivity contribution in [3.63, 3.8) is 0 Å². The van der Waals surface area contributed by atoms with E-state index in [0.29, 0.717) is 32.1 Å². The number of hydrogen-bond donors (Lipinski definition) is 0. The Kier molecular flexibility index (Phi) is 5.99. The molecule has 1 aliphatic heterocycles. The van der Waals surface area contributed by atoms with E-state index in [9.17, 15) is 9.59 Å². The molecule has 0 unspecified atom stereocenters. The van der Waals surface area contributed by atoms with Gasteiger partial charge in [0.05, 0.1) is 13.2 Å². The number of aromatic nitrogens is 2. The Hall–Kier alpha value is -0.890. The minimum Gasteiger partial charge on any atom is -1.00 e. The first kappa shape index (κ1) is 16.2. The zero-order chi connectivity index (χ0) is 13.1. The molecule has 100 valence electrons. The van der Waals surface area contributed by atoms with Gasteiger partial charge in [-0.2, -0.15) is 4.98 Å². The number of ether oxygens (including phenoxy) is 2. The van der Waals surface area contributed by atoms with Gasteiger partial charge in [0.15, 0.2) is 0 Å². The third kappa shape index (κ3) is 4.04. The van der Waals surface area contributed by atoms with Gasteiger partial charge in [-0.05, 0) is 0 Å². The van der Waals surface area contributed by atoms with E-state index in [1.165, 1.54) is 24.6 Å². The summed E-state index contributed by atoms with van der Waals surface area (Å²) in [5.74, 6) is 0.00859. The molecule has 0 spiro atoms. The minimum absolute atomic E-state index is 0. The molecule has 0 aliphatic carbocycles. The molecule has 2 heterocycles. The van der Waals surface area contributed by atoms with Crippen molar-refractivity contribution in [2.24, 2.45) is 7.05 Å². The number of nitrogens with zero attached hydrogens (tertiary/aromatic N) is 3. The first-order valence-corrected chi connectivity index (χ1v) is 5.67. The Labute approximate surface area is 134 Å². The third-order valence-corrected chi connectivity index (χ3v) is 2.65. The topological polar surface area (TPSA) is 73.7 Å². The van der Waals surface area contributed by atoms with Crippen LogP contribution < -0.4 is 44.8 Å². The van der Waals surface area contributed by atoms with Crippen molar-refractivity contribution in [2.75, 3.05) is 31.2 Å². The molecule has 0 atom stereocenters. The average molecular weight is 277 g/mol. The van der Waals surface area contributed by atoms with E-state index in [0.717, 1.165) is 0 Å². The summed E-state index contributed by atoms with van der Waals surface area (Å²) in [6.07, 6.45) is 0. The number of anilines is 1. The molecule has 0 aromatic carbocycles. The first-order chi connectivity index (χ1) is 8.58. The van der Waals surface area contributed by atoms with Crippen LogP contribution in [0.15, 0.2) is 10.9 Å². The molecule has 19 heavy (non-hydrogen) atoms. The summed E-state index contributed by atoms with van der Waals surface area (Å²) in [5, 5.41) is 0. The fourth-order valence-corrected chi connectivity index (χ4v) is 1.68. The van der Waals surface area contributed by atoms with Gasteiger partial charge in [-0.3, -0.25) is 14.2 Å². The Balaban J connectivity index is 0.00000180. The summed E-state index contributed by atoms with van der Waals surface area (Å²) in [7, 11) is 1.51. The van der Waals surface area contributed by atoms with Crippen molar-refractivity contribution in [1.29, 1.82) is 0 Å². The second-order valence-corrected chi connectivity index (χ2v) is 3.99. The van der Waals surface area contributed by atoms with Crippen LogP contribution in [0, 0.1) is 0 Å². The predicted octanol–water partition coefficient (Wildman–Crippen LogP) is -3.34. The van der Waals surface area contributed by atoms with Crippen LogP contribution in [0.4, 0.5) is 5.82 Å². The van der Waals surface area contributed by atoms with Gasteiger partial charge in [0.2, 0.25) is 0 Å². The maximum Gasteiger partial charge on any atom is 1.00 e. The van der Waals surface area contributed by atoms with Crippen molar-refractivity contribution in [2.45, 2.75) is 6.92 Å². The minimum atomic E-state index is -0.503. The van der Waals surface area contributed by atoms with Crippen molar-refractivity contribution < 1.29 is 45.3 Å². The molecule has 1 fully saturated rings. The van der Waals surface area contributed by atoms with Crippen LogP contribution in [0.5, 0.6) is 6.01 Å². The number of rotatable bonds is 2. The Morgan fingerprint density at radius 2 is 2.11 bits per heavy atom. The van der Waals surface area contributed by atoms with Crippen LogP contribution in [0.1, 0.15) is 8.35 Å². The molecule has 1 saturated heterocycles. The van der Waals surface area contributed by atoms with Crippen LogP contribution in [-0.2, 0) is 16.6 Å². The molecule has 2 rings (SSSR count). The van der Waals surface area contributed by atoms with E-state index in [-0.39, 0.29) is 42.6 Å². The summed E-state index contributed by atoms with van der Waals surface area (Å²) in [6, 6.07) is 1.44. The van der Waals surface area contributed by atoms with Gasteiger partial charge in [0, 0.05) is 33.1 Å². The summed E-state index contributed by atoms with van der Waals surface area (Å²) >= 11 is 0. The van der Waals surface area contributed by atoms with Gasteiger partial charge < -0.3 is 15.8 Å². The number of esters is 1. The van der Waals surface area contributed by atoms with E-state index in [4.69, 9.17) is 9.47 Å². The summed E-state index contributed by atoms with van der Waals surface area (Å²) in [6.45, 7) is 3.80. The summed E-state index contributed by atoms with van der Waals surface area (Å²) in [5.41, 5.74) is -0.261. The predicted molar refractivity (Wildman–Crippen MR) is 64.9 cm³/mol. The smallest absolute Gasteiger partial charge is 1.00 e. The van der Waals surface area contributed by atoms with Gasteiger partial charge in [-0.25, -0.2) is 0 Å². The zero-order valence-electron chi connectivity index (χ0n) is 12.4. The second-order valence-electron chi connectivity index (χ2n) is 3.99. The van der Waals surface area contributed by atoms with Crippen LogP contribution in [-0.4, -0.2) is 41.8 Å². The molecule has 0 radical (unpaired) electrons. The maximum absolute atomic E-state index is 11.8. The monoisotopic (exact) mass is 277 g/mol. The van der Waals surface area contributed by atoms with Gasteiger partial charge >= 0.3 is 41.5 Å². The molecule has 8 heteroatoms. The third-order valence-electron chi connectivity index (χ3n) is 2.65. The van der Waals surface area contributed by atoms with Crippen molar-refractivity contribution in [1.82, 2.24) is 9.55 Å². The zero-order valence-corrected chi connectivity index (χ0v) is 13.4. The van der Waals surface area contributed by atoms with Gasteiger partial charge in [-0.15, -0.1) is 0 Å². The van der Waals surface area contributed by atoms with E-state index >= 15 is 0 Å². The quantitative estimate of drug-likeness (QED) is 0.416. The Morgan fingerprint density at radius 1 is 1.47 bits per heavy atom. The van der Waals surface area contributed by atoms with Crippen molar-refractivity contribution >= 4 is 11.8 Å². The number of carbonyl (C=O) groups excluding carboxylic acids is 1. The van der Waals surface area contributed by atoms with E-state index in [2.05, 4.69) is 4.98 Å². The van der Waals surface area contributed by atoms with Crippen LogP contribution in [0.3, 0.4) is 0 Å². The average Bonchev–Trinajstić information content (AvgIpc) is 2.35. The molecule has 0 N–H and O–H groups in total. The SMILES string of the molecule is CC(=O)Oc1nc(N2CCOCC2)cc(=O)n1C.[H-].[Na+]. The first-order valence-electron chi connectivity index (χ1n) is 5.67. The van der Waals surface area contributed by atoms with Gasteiger partial charge in [0.25, 0.3) is 5.56 Å². The van der Waals surface area contributed by atoms with Gasteiger partial charge in [-0.1, -0.05) is 0 Å². The number of morpholine rings is 1. The maximum atomic E-state index is 11.8.